The summed E-state index contributed by atoms with van der Waals surface area (Å²) in [6.45, 7) is 4.17. The average molecular weight is 328 g/mol. The van der Waals surface area contributed by atoms with Crippen LogP contribution in [0.3, 0.4) is 0 Å². The van der Waals surface area contributed by atoms with Crippen LogP contribution in [0.25, 0.3) is 22.4 Å². The van der Waals surface area contributed by atoms with E-state index in [1.165, 1.54) is 0 Å². The zero-order chi connectivity index (χ0) is 17.3. The van der Waals surface area contributed by atoms with Gasteiger partial charge in [-0.2, -0.15) is 0 Å². The van der Waals surface area contributed by atoms with Crippen molar-refractivity contribution in [2.45, 2.75) is 19.9 Å². The van der Waals surface area contributed by atoms with Crippen molar-refractivity contribution in [3.8, 4) is 28.5 Å². The molecule has 0 N–H and O–H groups in total. The summed E-state index contributed by atoms with van der Waals surface area (Å²) in [6.07, 6.45) is 3.33. The minimum absolute atomic E-state index is 0.262. The first kappa shape index (κ1) is 16.0. The summed E-state index contributed by atoms with van der Waals surface area (Å²) in [4.78, 5) is 13.3. The van der Waals surface area contributed by atoms with Gasteiger partial charge in [-0.3, -0.25) is 0 Å². The van der Waals surface area contributed by atoms with Crippen LogP contribution in [0.15, 0.2) is 24.8 Å². The molecule has 0 atom stereocenters. The molecule has 0 aliphatic carbocycles. The molecule has 0 aliphatic heterocycles. The van der Waals surface area contributed by atoms with Gasteiger partial charge in [-0.05, 0) is 26.0 Å². The molecule has 0 bridgehead atoms. The van der Waals surface area contributed by atoms with Gasteiger partial charge in [0.05, 0.1) is 27.7 Å². The van der Waals surface area contributed by atoms with Crippen LogP contribution in [0.5, 0.6) is 17.2 Å². The number of rotatable bonds is 5. The van der Waals surface area contributed by atoms with Crippen LogP contribution >= 0.6 is 0 Å². The van der Waals surface area contributed by atoms with Gasteiger partial charge in [0.2, 0.25) is 5.75 Å². The molecule has 0 spiro atoms. The van der Waals surface area contributed by atoms with Gasteiger partial charge in [0.25, 0.3) is 0 Å². The molecule has 24 heavy (non-hydrogen) atoms. The van der Waals surface area contributed by atoms with E-state index in [1.54, 1.807) is 34.0 Å². The molecule has 2 heterocycles. The van der Waals surface area contributed by atoms with Gasteiger partial charge < -0.3 is 18.8 Å². The predicted octanol–water partition coefficient (Wildman–Crippen LogP) is 3.10. The molecule has 0 unspecified atom stereocenters. The van der Waals surface area contributed by atoms with E-state index in [-0.39, 0.29) is 6.04 Å². The number of nitrogens with zero attached hydrogens (tertiary/aromatic N) is 4. The van der Waals surface area contributed by atoms with Gasteiger partial charge in [-0.1, -0.05) is 0 Å². The first-order valence-corrected chi connectivity index (χ1v) is 7.58. The van der Waals surface area contributed by atoms with E-state index < -0.39 is 0 Å². The van der Waals surface area contributed by atoms with Crippen LogP contribution < -0.4 is 14.2 Å². The fraction of sp³-hybridized carbons (Fsp3) is 0.353. The molecule has 3 rings (SSSR count). The van der Waals surface area contributed by atoms with Crippen molar-refractivity contribution in [3.63, 3.8) is 0 Å². The first-order chi connectivity index (χ1) is 11.6. The highest BCUT2D eigenvalue weighted by atomic mass is 16.5. The highest BCUT2D eigenvalue weighted by Crippen LogP contribution is 2.41. The molecule has 0 saturated carbocycles. The van der Waals surface area contributed by atoms with E-state index in [4.69, 9.17) is 14.2 Å². The highest BCUT2D eigenvalue weighted by Gasteiger charge is 2.18. The van der Waals surface area contributed by atoms with E-state index in [1.807, 2.05) is 16.7 Å². The number of methoxy groups -OCH3 is 3. The lowest BCUT2D eigenvalue weighted by Gasteiger charge is -2.14. The molecule has 126 valence electrons. The zero-order valence-corrected chi connectivity index (χ0v) is 14.4. The van der Waals surface area contributed by atoms with Gasteiger partial charge in [0.15, 0.2) is 17.1 Å². The summed E-state index contributed by atoms with van der Waals surface area (Å²) in [5.41, 5.74) is 3.08. The van der Waals surface area contributed by atoms with Crippen LogP contribution in [-0.4, -0.2) is 40.8 Å². The lowest BCUT2D eigenvalue weighted by molar-refractivity contribution is 0.324. The summed E-state index contributed by atoms with van der Waals surface area (Å²) in [6, 6.07) is 3.98. The SMILES string of the molecule is COc1cc(-c2ncnc3c2ncn3C(C)C)cc(OC)c1OC. The number of ether oxygens (including phenoxy) is 3. The minimum atomic E-state index is 0.262. The van der Waals surface area contributed by atoms with Crippen molar-refractivity contribution in [1.82, 2.24) is 19.5 Å². The van der Waals surface area contributed by atoms with Crippen LogP contribution in [0.1, 0.15) is 19.9 Å². The number of hydrogen-bond acceptors (Lipinski definition) is 6. The van der Waals surface area contributed by atoms with Crippen molar-refractivity contribution in [2.75, 3.05) is 21.3 Å². The number of imidazole rings is 1. The fourth-order valence-electron chi connectivity index (χ4n) is 2.66. The maximum atomic E-state index is 5.42. The summed E-state index contributed by atoms with van der Waals surface area (Å²) in [5, 5.41) is 0. The average Bonchev–Trinajstić information content (AvgIpc) is 3.04. The fourth-order valence-corrected chi connectivity index (χ4v) is 2.66. The molecule has 3 aromatic rings. The minimum Gasteiger partial charge on any atom is -0.493 e. The Bertz CT molecular complexity index is 848. The third-order valence-electron chi connectivity index (χ3n) is 3.85. The summed E-state index contributed by atoms with van der Waals surface area (Å²) < 4.78 is 18.2. The van der Waals surface area contributed by atoms with E-state index in [2.05, 4.69) is 28.8 Å². The molecule has 0 fully saturated rings. The Morgan fingerprint density at radius 1 is 0.917 bits per heavy atom. The zero-order valence-electron chi connectivity index (χ0n) is 14.4. The highest BCUT2D eigenvalue weighted by molar-refractivity contribution is 5.88. The molecule has 2 aromatic heterocycles. The van der Waals surface area contributed by atoms with Crippen molar-refractivity contribution in [3.05, 3.63) is 24.8 Å². The van der Waals surface area contributed by atoms with Crippen LogP contribution in [0.2, 0.25) is 0 Å². The molecular formula is C17H20N4O3. The molecule has 7 heteroatoms. The first-order valence-electron chi connectivity index (χ1n) is 7.58. The molecule has 0 amide bonds. The number of aromatic nitrogens is 4. The third kappa shape index (κ3) is 2.51. The van der Waals surface area contributed by atoms with Crippen molar-refractivity contribution >= 4 is 11.2 Å². The van der Waals surface area contributed by atoms with Gasteiger partial charge >= 0.3 is 0 Å². The van der Waals surface area contributed by atoms with Crippen molar-refractivity contribution in [2.24, 2.45) is 0 Å². The standard InChI is InChI=1S/C17H20N4O3/c1-10(2)21-9-20-15-14(18-8-19-17(15)21)11-6-12(22-3)16(24-5)13(7-11)23-4/h6-10H,1-5H3. The number of benzene rings is 1. The van der Waals surface area contributed by atoms with E-state index >= 15 is 0 Å². The number of hydrogen-bond donors (Lipinski definition) is 0. The monoisotopic (exact) mass is 328 g/mol. The Morgan fingerprint density at radius 3 is 2.12 bits per heavy atom. The van der Waals surface area contributed by atoms with E-state index in [9.17, 15) is 0 Å². The second-order valence-corrected chi connectivity index (χ2v) is 5.55. The maximum absolute atomic E-state index is 5.42. The largest absolute Gasteiger partial charge is 0.493 e. The predicted molar refractivity (Wildman–Crippen MR) is 90.8 cm³/mol. The van der Waals surface area contributed by atoms with Gasteiger partial charge in [-0.25, -0.2) is 15.0 Å². The summed E-state index contributed by atoms with van der Waals surface area (Å²) in [5.74, 6) is 1.69. The van der Waals surface area contributed by atoms with E-state index in [0.717, 1.165) is 22.4 Å². The van der Waals surface area contributed by atoms with Crippen molar-refractivity contribution in [1.29, 1.82) is 0 Å². The second kappa shape index (κ2) is 6.35. The van der Waals surface area contributed by atoms with E-state index in [0.29, 0.717) is 17.2 Å². The Morgan fingerprint density at radius 2 is 1.58 bits per heavy atom. The smallest absolute Gasteiger partial charge is 0.203 e. The summed E-state index contributed by atoms with van der Waals surface area (Å²) >= 11 is 0. The Kier molecular flexibility index (Phi) is 4.24. The lowest BCUT2D eigenvalue weighted by Crippen LogP contribution is -2.00. The number of fused-ring (bicyclic) bond motifs is 1. The maximum Gasteiger partial charge on any atom is 0.203 e. The molecule has 7 nitrogen and oxygen atoms in total. The quantitative estimate of drug-likeness (QED) is 0.717. The molecule has 0 radical (unpaired) electrons. The van der Waals surface area contributed by atoms with Gasteiger partial charge in [0, 0.05) is 11.6 Å². The Hall–Kier alpha value is -2.83. The third-order valence-corrected chi connectivity index (χ3v) is 3.85. The van der Waals surface area contributed by atoms with Gasteiger partial charge in [-0.15, -0.1) is 0 Å². The van der Waals surface area contributed by atoms with Crippen LogP contribution in [-0.2, 0) is 0 Å². The van der Waals surface area contributed by atoms with Gasteiger partial charge in [0.1, 0.15) is 17.5 Å². The topological polar surface area (TPSA) is 71.3 Å². The normalized spacial score (nSPS) is 11.1. The van der Waals surface area contributed by atoms with Crippen molar-refractivity contribution < 1.29 is 14.2 Å². The van der Waals surface area contributed by atoms with Crippen LogP contribution in [0, 0.1) is 0 Å². The molecule has 0 aliphatic rings. The van der Waals surface area contributed by atoms with Crippen LogP contribution in [0.4, 0.5) is 0 Å². The lowest BCUT2D eigenvalue weighted by atomic mass is 10.1. The Balaban J connectivity index is 2.24. The Labute approximate surface area is 140 Å². The second-order valence-electron chi connectivity index (χ2n) is 5.55. The summed E-state index contributed by atoms with van der Waals surface area (Å²) in [7, 11) is 4.75. The molecule has 0 saturated heterocycles. The molecular weight excluding hydrogens is 308 g/mol. The molecule has 1 aromatic carbocycles.